The first-order valence-corrected chi connectivity index (χ1v) is 11.7. The van der Waals surface area contributed by atoms with Crippen molar-refractivity contribution in [2.24, 2.45) is 5.92 Å². The van der Waals surface area contributed by atoms with E-state index < -0.39 is 29.1 Å². The second-order valence-corrected chi connectivity index (χ2v) is 9.37. The third-order valence-electron chi connectivity index (χ3n) is 7.29. The lowest BCUT2D eigenvalue weighted by Gasteiger charge is -2.29. The van der Waals surface area contributed by atoms with E-state index in [1.54, 1.807) is 6.08 Å². The van der Waals surface area contributed by atoms with Crippen LogP contribution in [0.1, 0.15) is 93.2 Å². The molecule has 1 fully saturated rings. The Morgan fingerprint density at radius 2 is 1.28 bits per heavy atom. The van der Waals surface area contributed by atoms with E-state index >= 15 is 0 Å². The molecule has 4 rings (SSSR count). The number of hydrogen-bond acceptors (Lipinski definition) is 0. The summed E-state index contributed by atoms with van der Waals surface area (Å²) in [6.07, 6.45) is 9.57. The predicted octanol–water partition coefficient (Wildman–Crippen LogP) is 8.81. The Hall–Kier alpha value is -2.17. The van der Waals surface area contributed by atoms with Crippen molar-refractivity contribution in [2.75, 3.05) is 0 Å². The van der Waals surface area contributed by atoms with Crippen LogP contribution in [-0.4, -0.2) is 0 Å². The van der Waals surface area contributed by atoms with Gasteiger partial charge in [0.15, 0.2) is 17.5 Å². The monoisotopic (exact) mass is 448 g/mol. The number of rotatable bonds is 5. The van der Waals surface area contributed by atoms with Gasteiger partial charge in [-0.05, 0) is 104 Å². The lowest BCUT2D eigenvalue weighted by atomic mass is 9.76. The molecule has 2 aliphatic carbocycles. The van der Waals surface area contributed by atoms with Crippen molar-refractivity contribution < 1.29 is 22.0 Å². The van der Waals surface area contributed by atoms with Gasteiger partial charge < -0.3 is 0 Å². The van der Waals surface area contributed by atoms with Crippen LogP contribution in [0, 0.1) is 35.0 Å². The quantitative estimate of drug-likeness (QED) is 0.317. The summed E-state index contributed by atoms with van der Waals surface area (Å²) in [5.74, 6) is -4.28. The maximum absolute atomic E-state index is 15.0. The second kappa shape index (κ2) is 9.76. The molecule has 0 nitrogen and oxygen atoms in total. The molecular formula is C27H29F5. The molecule has 0 saturated heterocycles. The molecule has 1 unspecified atom stereocenters. The third-order valence-corrected chi connectivity index (χ3v) is 7.29. The molecule has 5 heteroatoms. The highest BCUT2D eigenvalue weighted by Crippen LogP contribution is 2.41. The maximum Gasteiger partial charge on any atom is 0.194 e. The second-order valence-electron chi connectivity index (χ2n) is 9.37. The van der Waals surface area contributed by atoms with E-state index in [9.17, 15) is 22.0 Å². The first-order chi connectivity index (χ1) is 15.4. The average molecular weight is 449 g/mol. The van der Waals surface area contributed by atoms with Crippen molar-refractivity contribution in [1.29, 1.82) is 0 Å². The minimum absolute atomic E-state index is 0.00309. The highest BCUT2D eigenvalue weighted by atomic mass is 19.2. The summed E-state index contributed by atoms with van der Waals surface area (Å²) < 4.78 is 70.3. The lowest BCUT2D eigenvalue weighted by Crippen LogP contribution is -2.14. The van der Waals surface area contributed by atoms with Gasteiger partial charge in [-0.2, -0.15) is 0 Å². The van der Waals surface area contributed by atoms with E-state index in [1.807, 2.05) is 0 Å². The van der Waals surface area contributed by atoms with Gasteiger partial charge in [-0.15, -0.1) is 0 Å². The summed E-state index contributed by atoms with van der Waals surface area (Å²) in [5, 5.41) is 0. The molecule has 1 atom stereocenters. The van der Waals surface area contributed by atoms with Crippen LogP contribution in [0.3, 0.4) is 0 Å². The van der Waals surface area contributed by atoms with Crippen LogP contribution in [0.15, 0.2) is 30.3 Å². The highest BCUT2D eigenvalue weighted by molar-refractivity contribution is 5.68. The van der Waals surface area contributed by atoms with Crippen LogP contribution in [0.4, 0.5) is 22.0 Å². The van der Waals surface area contributed by atoms with Crippen LogP contribution in [0.25, 0.3) is 5.57 Å². The molecule has 0 amide bonds. The Balaban J connectivity index is 1.49. The zero-order valence-electron chi connectivity index (χ0n) is 18.4. The smallest absolute Gasteiger partial charge is 0.194 e. The topological polar surface area (TPSA) is 0 Å². The van der Waals surface area contributed by atoms with Gasteiger partial charge in [0.25, 0.3) is 0 Å². The summed E-state index contributed by atoms with van der Waals surface area (Å²) in [7, 11) is 0. The number of benzene rings is 2. The minimum atomic E-state index is -1.48. The molecule has 2 aliphatic rings. The van der Waals surface area contributed by atoms with Gasteiger partial charge in [0.05, 0.1) is 0 Å². The average Bonchev–Trinajstić information content (AvgIpc) is 2.78. The first kappa shape index (κ1) is 23.0. The van der Waals surface area contributed by atoms with Crippen LogP contribution < -0.4 is 0 Å². The van der Waals surface area contributed by atoms with Gasteiger partial charge in [-0.1, -0.05) is 25.8 Å². The summed E-state index contributed by atoms with van der Waals surface area (Å²) in [6.45, 7) is 2.19. The number of allylic oxidation sites excluding steroid dienone is 2. The molecule has 0 N–H and O–H groups in total. The van der Waals surface area contributed by atoms with Crippen molar-refractivity contribution in [2.45, 2.75) is 76.5 Å². The summed E-state index contributed by atoms with van der Waals surface area (Å²) in [5.41, 5.74) is 1.69. The van der Waals surface area contributed by atoms with Crippen molar-refractivity contribution in [3.8, 4) is 0 Å². The maximum atomic E-state index is 15.0. The summed E-state index contributed by atoms with van der Waals surface area (Å²) in [6, 6.07) is 4.99. The minimum Gasteiger partial charge on any atom is -0.206 e. The number of halogens is 5. The molecule has 1 saturated carbocycles. The van der Waals surface area contributed by atoms with Gasteiger partial charge >= 0.3 is 0 Å². The van der Waals surface area contributed by atoms with E-state index in [-0.39, 0.29) is 17.4 Å². The molecule has 172 valence electrons. The molecule has 0 heterocycles. The van der Waals surface area contributed by atoms with Gasteiger partial charge in [0, 0.05) is 5.56 Å². The fourth-order valence-electron chi connectivity index (χ4n) is 5.50. The number of hydrogen-bond donors (Lipinski definition) is 0. The Morgan fingerprint density at radius 1 is 0.719 bits per heavy atom. The van der Waals surface area contributed by atoms with E-state index in [0.29, 0.717) is 30.4 Å². The van der Waals surface area contributed by atoms with Crippen molar-refractivity contribution in [3.63, 3.8) is 0 Å². The van der Waals surface area contributed by atoms with Gasteiger partial charge in [0.1, 0.15) is 11.6 Å². The molecule has 32 heavy (non-hydrogen) atoms. The Bertz CT molecular complexity index is 955. The normalized spacial score (nSPS) is 23.8. The van der Waals surface area contributed by atoms with E-state index in [0.717, 1.165) is 49.3 Å². The Kier molecular flexibility index (Phi) is 7.02. The predicted molar refractivity (Wildman–Crippen MR) is 117 cm³/mol. The van der Waals surface area contributed by atoms with Crippen LogP contribution in [0.5, 0.6) is 0 Å². The van der Waals surface area contributed by atoms with Crippen LogP contribution in [0.2, 0.25) is 0 Å². The fraction of sp³-hybridized carbons (Fsp3) is 0.481. The van der Waals surface area contributed by atoms with Gasteiger partial charge in [-0.3, -0.25) is 0 Å². The molecule has 0 bridgehead atoms. The first-order valence-electron chi connectivity index (χ1n) is 11.7. The van der Waals surface area contributed by atoms with Gasteiger partial charge in [-0.25, -0.2) is 22.0 Å². The zero-order chi connectivity index (χ0) is 22.8. The fourth-order valence-corrected chi connectivity index (χ4v) is 5.50. The zero-order valence-corrected chi connectivity index (χ0v) is 18.4. The van der Waals surface area contributed by atoms with Crippen LogP contribution >= 0.6 is 0 Å². The highest BCUT2D eigenvalue weighted by Gasteiger charge is 2.26. The molecule has 2 aromatic rings. The molecule has 0 radical (unpaired) electrons. The third kappa shape index (κ3) is 4.77. The van der Waals surface area contributed by atoms with E-state index in [1.165, 1.54) is 25.0 Å². The lowest BCUT2D eigenvalue weighted by molar-refractivity contribution is 0.307. The standard InChI is InChI=1S/C27H29F5/c1-2-3-16-4-6-17(7-5-16)20-12-22(28)26(23(29)13-20)19-10-8-18(9-11-19)21-14-24(30)27(32)25(31)15-21/h10,12-18H,2-9,11H2,1H3. The Morgan fingerprint density at radius 3 is 1.81 bits per heavy atom. The molecule has 0 aliphatic heterocycles. The SMILES string of the molecule is CCCC1CCC(c2cc(F)c(C3=CCC(c4cc(F)c(F)c(F)c4)CC3)c(F)c2)CC1. The van der Waals surface area contributed by atoms with Crippen molar-refractivity contribution >= 4 is 5.57 Å². The summed E-state index contributed by atoms with van der Waals surface area (Å²) in [4.78, 5) is 0. The molecular weight excluding hydrogens is 419 g/mol. The van der Waals surface area contributed by atoms with E-state index in [2.05, 4.69) is 6.92 Å². The molecule has 2 aromatic carbocycles. The van der Waals surface area contributed by atoms with Crippen LogP contribution in [-0.2, 0) is 0 Å². The molecule has 0 aromatic heterocycles. The van der Waals surface area contributed by atoms with Gasteiger partial charge in [0.2, 0.25) is 0 Å². The molecule has 0 spiro atoms. The van der Waals surface area contributed by atoms with E-state index in [4.69, 9.17) is 0 Å². The Labute approximate surface area is 186 Å². The largest absolute Gasteiger partial charge is 0.206 e. The van der Waals surface area contributed by atoms with Crippen molar-refractivity contribution in [1.82, 2.24) is 0 Å². The van der Waals surface area contributed by atoms with Crippen molar-refractivity contribution in [3.05, 3.63) is 76.1 Å². The summed E-state index contributed by atoms with van der Waals surface area (Å²) >= 11 is 0.